The highest BCUT2D eigenvalue weighted by molar-refractivity contribution is 6.63. The molecule has 0 spiro atoms. The summed E-state index contributed by atoms with van der Waals surface area (Å²) in [7, 11) is 0. The highest BCUT2D eigenvalue weighted by atomic mass is 35.5. The summed E-state index contributed by atoms with van der Waals surface area (Å²) >= 11 is 5.25. The number of carbonyl (C=O) groups excluding carboxylic acids is 2. The first kappa shape index (κ1) is 17.3. The predicted molar refractivity (Wildman–Crippen MR) is 80.9 cm³/mol. The zero-order valence-electron chi connectivity index (χ0n) is 11.9. The maximum Gasteiger partial charge on any atom is 0.283 e. The fourth-order valence-electron chi connectivity index (χ4n) is 2.32. The fourth-order valence-corrected chi connectivity index (χ4v) is 2.45. The van der Waals surface area contributed by atoms with Crippen LogP contribution in [0.25, 0.3) is 0 Å². The minimum absolute atomic E-state index is 0.0912. The minimum atomic E-state index is -0.495. The molecule has 0 fully saturated rings. The van der Waals surface area contributed by atoms with Gasteiger partial charge in [-0.05, 0) is 55.5 Å². The molecule has 0 amide bonds. The number of hydrogen-bond donors (Lipinski definition) is 0. The Labute approximate surface area is 128 Å². The van der Waals surface area contributed by atoms with E-state index in [0.717, 1.165) is 31.2 Å². The van der Waals surface area contributed by atoms with Gasteiger partial charge in [0.25, 0.3) is 5.69 Å². The van der Waals surface area contributed by atoms with Crippen LogP contribution < -0.4 is 0 Å². The molecule has 5 nitrogen and oxygen atoms in total. The number of rotatable bonds is 9. The number of nitro benzene ring substituents is 1. The molecule has 0 atom stereocenters. The Bertz CT molecular complexity index is 543. The molecule has 0 N–H and O–H groups in total. The Morgan fingerprint density at radius 1 is 1.29 bits per heavy atom. The third kappa shape index (κ3) is 5.63. The van der Waals surface area contributed by atoms with Crippen LogP contribution in [0.5, 0.6) is 0 Å². The summed E-state index contributed by atoms with van der Waals surface area (Å²) in [6.45, 7) is 1.81. The van der Waals surface area contributed by atoms with E-state index < -0.39 is 4.92 Å². The second-order valence-corrected chi connectivity index (χ2v) is 5.43. The molecular weight excluding hydrogens is 294 g/mol. The average Bonchev–Trinajstić information content (AvgIpc) is 2.41. The van der Waals surface area contributed by atoms with Crippen LogP contribution in [-0.4, -0.2) is 16.5 Å². The van der Waals surface area contributed by atoms with Gasteiger partial charge in [0, 0.05) is 12.0 Å². The van der Waals surface area contributed by atoms with Gasteiger partial charge in [0.1, 0.15) is 0 Å². The topological polar surface area (TPSA) is 77.3 Å². The first-order valence-corrected chi connectivity index (χ1v) is 7.25. The molecule has 1 rings (SSSR count). The van der Waals surface area contributed by atoms with E-state index in [0.29, 0.717) is 24.7 Å². The Morgan fingerprint density at radius 2 is 1.95 bits per heavy atom. The van der Waals surface area contributed by atoms with Crippen molar-refractivity contribution >= 4 is 28.8 Å². The minimum Gasteiger partial charge on any atom is -0.298 e. The lowest BCUT2D eigenvalue weighted by atomic mass is 9.99. The summed E-state index contributed by atoms with van der Waals surface area (Å²) in [5.74, 6) is 0. The number of benzene rings is 1. The summed E-state index contributed by atoms with van der Waals surface area (Å²) in [6.07, 6.45) is 4.68. The van der Waals surface area contributed by atoms with E-state index in [2.05, 4.69) is 0 Å². The van der Waals surface area contributed by atoms with Gasteiger partial charge in [-0.15, -0.1) is 0 Å². The highest BCUT2D eigenvalue weighted by Gasteiger charge is 2.19. The zero-order valence-corrected chi connectivity index (χ0v) is 12.7. The van der Waals surface area contributed by atoms with Crippen molar-refractivity contribution in [2.75, 3.05) is 0 Å². The van der Waals surface area contributed by atoms with Gasteiger partial charge in [0.15, 0.2) is 6.29 Å². The second-order valence-electron chi connectivity index (χ2n) is 5.01. The lowest BCUT2D eigenvalue weighted by Crippen LogP contribution is -2.01. The molecular formula is C15H18ClNO4. The van der Waals surface area contributed by atoms with Crippen LogP contribution in [-0.2, 0) is 11.2 Å². The molecule has 0 bridgehead atoms. The lowest BCUT2D eigenvalue weighted by molar-refractivity contribution is -0.385. The van der Waals surface area contributed by atoms with Crippen LogP contribution in [0.15, 0.2) is 12.1 Å². The average molecular weight is 312 g/mol. The third-order valence-corrected chi connectivity index (χ3v) is 3.43. The van der Waals surface area contributed by atoms with Crippen molar-refractivity contribution in [3.63, 3.8) is 0 Å². The molecule has 0 aliphatic rings. The number of aldehydes is 1. The monoisotopic (exact) mass is 311 g/mol. The number of nitrogens with zero attached hydrogens (tertiary/aromatic N) is 1. The van der Waals surface area contributed by atoms with Gasteiger partial charge in [0.2, 0.25) is 5.24 Å². The maximum absolute atomic E-state index is 11.1. The van der Waals surface area contributed by atoms with Crippen molar-refractivity contribution in [2.24, 2.45) is 0 Å². The lowest BCUT2D eigenvalue weighted by Gasteiger charge is -2.07. The van der Waals surface area contributed by atoms with Gasteiger partial charge in [-0.25, -0.2) is 0 Å². The summed E-state index contributed by atoms with van der Waals surface area (Å²) in [5, 5.41) is 10.8. The summed E-state index contributed by atoms with van der Waals surface area (Å²) in [5.41, 5.74) is 1.47. The first-order valence-electron chi connectivity index (χ1n) is 6.87. The SMILES string of the molecule is Cc1cc(C=O)c([N+](=O)[O-])c(CCCCCCC(=O)Cl)c1. The number of hydrogen-bond acceptors (Lipinski definition) is 4. The summed E-state index contributed by atoms with van der Waals surface area (Å²) in [4.78, 5) is 32.2. The first-order chi connectivity index (χ1) is 9.95. The van der Waals surface area contributed by atoms with Gasteiger partial charge in [-0.1, -0.05) is 12.8 Å². The Morgan fingerprint density at radius 3 is 2.52 bits per heavy atom. The molecule has 0 aromatic heterocycles. The van der Waals surface area contributed by atoms with E-state index in [4.69, 9.17) is 11.6 Å². The Balaban J connectivity index is 2.65. The quantitative estimate of drug-likeness (QED) is 0.227. The van der Waals surface area contributed by atoms with Gasteiger partial charge in [0.05, 0.1) is 10.5 Å². The molecule has 0 heterocycles. The van der Waals surface area contributed by atoms with Crippen molar-refractivity contribution in [1.82, 2.24) is 0 Å². The molecule has 114 valence electrons. The molecule has 21 heavy (non-hydrogen) atoms. The van der Waals surface area contributed by atoms with Gasteiger partial charge >= 0.3 is 0 Å². The molecule has 1 aromatic carbocycles. The molecule has 1 aromatic rings. The molecule has 0 unspecified atom stereocenters. The van der Waals surface area contributed by atoms with E-state index in [1.165, 1.54) is 6.07 Å². The van der Waals surface area contributed by atoms with E-state index in [9.17, 15) is 19.7 Å². The molecule has 0 aliphatic carbocycles. The van der Waals surface area contributed by atoms with Crippen LogP contribution in [0.3, 0.4) is 0 Å². The Kier molecular flexibility index (Phi) is 7.02. The smallest absolute Gasteiger partial charge is 0.283 e. The molecule has 0 saturated heterocycles. The number of nitro groups is 1. The van der Waals surface area contributed by atoms with Crippen molar-refractivity contribution in [2.45, 2.75) is 45.4 Å². The zero-order chi connectivity index (χ0) is 15.8. The second kappa shape index (κ2) is 8.52. The normalized spacial score (nSPS) is 10.4. The van der Waals surface area contributed by atoms with Gasteiger partial charge < -0.3 is 0 Å². The maximum atomic E-state index is 11.1. The standard InChI is InChI=1S/C15H18ClNO4/c1-11-8-12(6-4-2-3-5-7-14(16)19)15(17(20)21)13(9-11)10-18/h8-10H,2-7H2,1H3. The van der Waals surface area contributed by atoms with Crippen molar-refractivity contribution in [1.29, 1.82) is 0 Å². The number of carbonyl (C=O) groups is 2. The van der Waals surface area contributed by atoms with E-state index in [-0.39, 0.29) is 16.5 Å². The van der Waals surface area contributed by atoms with Crippen molar-refractivity contribution in [3.05, 3.63) is 38.9 Å². The third-order valence-electron chi connectivity index (χ3n) is 3.24. The number of unbranched alkanes of at least 4 members (excludes halogenated alkanes) is 3. The van der Waals surface area contributed by atoms with Gasteiger partial charge in [-0.3, -0.25) is 19.7 Å². The molecule has 0 aliphatic heterocycles. The number of aryl methyl sites for hydroxylation is 2. The Hall–Kier alpha value is -1.75. The van der Waals surface area contributed by atoms with Crippen LogP contribution in [0.2, 0.25) is 0 Å². The van der Waals surface area contributed by atoms with Crippen LogP contribution in [0.4, 0.5) is 5.69 Å². The van der Waals surface area contributed by atoms with Crippen LogP contribution in [0, 0.1) is 17.0 Å². The highest BCUT2D eigenvalue weighted by Crippen LogP contribution is 2.26. The van der Waals surface area contributed by atoms with Crippen LogP contribution in [0.1, 0.15) is 53.6 Å². The fraction of sp³-hybridized carbons (Fsp3) is 0.467. The summed E-state index contributed by atoms with van der Waals surface area (Å²) < 4.78 is 0. The van der Waals surface area contributed by atoms with Gasteiger partial charge in [-0.2, -0.15) is 0 Å². The predicted octanol–water partition coefficient (Wildman–Crippen LogP) is 3.97. The van der Waals surface area contributed by atoms with Crippen LogP contribution >= 0.6 is 11.6 Å². The molecule has 0 radical (unpaired) electrons. The molecule has 6 heteroatoms. The van der Waals surface area contributed by atoms with E-state index in [1.54, 1.807) is 6.07 Å². The van der Waals surface area contributed by atoms with Crippen molar-refractivity contribution in [3.8, 4) is 0 Å². The summed E-state index contributed by atoms with van der Waals surface area (Å²) in [6, 6.07) is 3.29. The molecule has 0 saturated carbocycles. The number of halogens is 1. The van der Waals surface area contributed by atoms with Crippen molar-refractivity contribution < 1.29 is 14.5 Å². The van der Waals surface area contributed by atoms with E-state index >= 15 is 0 Å². The van der Waals surface area contributed by atoms with E-state index in [1.807, 2.05) is 6.92 Å². The largest absolute Gasteiger partial charge is 0.298 e.